The van der Waals surface area contributed by atoms with Crippen molar-refractivity contribution < 1.29 is 0 Å². The van der Waals surface area contributed by atoms with Gasteiger partial charge in [0.2, 0.25) is 0 Å². The lowest BCUT2D eigenvalue weighted by molar-refractivity contribution is 0.811. The summed E-state index contributed by atoms with van der Waals surface area (Å²) in [6, 6.07) is 26.1. The molecule has 0 aliphatic heterocycles. The highest BCUT2D eigenvalue weighted by atomic mass is 14.5. The predicted molar refractivity (Wildman–Crippen MR) is 149 cm³/mol. The molecule has 0 atom stereocenters. The third-order valence-corrected chi connectivity index (χ3v) is 6.58. The molecule has 4 rings (SSSR count). The van der Waals surface area contributed by atoms with Crippen molar-refractivity contribution >= 4 is 11.1 Å². The van der Waals surface area contributed by atoms with Gasteiger partial charge in [-0.05, 0) is 76.8 Å². The third-order valence-electron chi connectivity index (χ3n) is 6.58. The van der Waals surface area contributed by atoms with Crippen LogP contribution in [0.1, 0.15) is 50.7 Å². The molecule has 3 aromatic carbocycles. The van der Waals surface area contributed by atoms with Gasteiger partial charge in [-0.25, -0.2) is 0 Å². The highest BCUT2D eigenvalue weighted by Crippen LogP contribution is 2.38. The number of benzene rings is 3. The van der Waals surface area contributed by atoms with Gasteiger partial charge < -0.3 is 5.73 Å². The molecule has 0 unspecified atom stereocenters. The van der Waals surface area contributed by atoms with Crippen LogP contribution in [0.4, 0.5) is 0 Å². The van der Waals surface area contributed by atoms with E-state index in [1.54, 1.807) is 5.57 Å². The normalized spacial score (nSPS) is 13.9. The van der Waals surface area contributed by atoms with Crippen LogP contribution in [0, 0.1) is 0 Å². The van der Waals surface area contributed by atoms with Crippen LogP contribution in [-0.4, -0.2) is 6.54 Å². The molecule has 0 radical (unpaired) electrons. The maximum Gasteiger partial charge on any atom is 0.0116 e. The Morgan fingerprint density at radius 1 is 0.882 bits per heavy atom. The lowest BCUT2D eigenvalue weighted by atomic mass is 9.83. The fourth-order valence-corrected chi connectivity index (χ4v) is 4.72. The number of hydrogen-bond acceptors (Lipinski definition) is 1. The summed E-state index contributed by atoms with van der Waals surface area (Å²) in [5.74, 6) is 0. The van der Waals surface area contributed by atoms with Gasteiger partial charge in [-0.1, -0.05) is 116 Å². The van der Waals surface area contributed by atoms with Gasteiger partial charge in [-0.3, -0.25) is 0 Å². The maximum atomic E-state index is 6.08. The second-order valence-electron chi connectivity index (χ2n) is 9.10. The summed E-state index contributed by atoms with van der Waals surface area (Å²) >= 11 is 0. The van der Waals surface area contributed by atoms with E-state index in [4.69, 9.17) is 5.73 Å². The van der Waals surface area contributed by atoms with Crippen LogP contribution >= 0.6 is 0 Å². The van der Waals surface area contributed by atoms with E-state index in [-0.39, 0.29) is 0 Å². The standard InChI is InChI=1S/C33H35N/c1-4-8-25-11-13-28(14-12-25)32(21-22-34)33-23-30(24(2)3)19-20-31(33)29-17-15-27(16-18-29)26-9-6-5-7-10-26/h5-7,9-11,13,15-21,23H,2,4,8,12,14,22,34H2,1,3H3/b32-21-. The molecule has 0 heterocycles. The zero-order valence-corrected chi connectivity index (χ0v) is 20.5. The summed E-state index contributed by atoms with van der Waals surface area (Å²) in [6.07, 6.45) is 11.4. The molecule has 0 bridgehead atoms. The first-order valence-corrected chi connectivity index (χ1v) is 12.4. The first-order valence-electron chi connectivity index (χ1n) is 12.4. The minimum Gasteiger partial charge on any atom is -0.327 e. The Bertz CT molecular complexity index is 1240. The summed E-state index contributed by atoms with van der Waals surface area (Å²) in [6.45, 7) is 9.03. The summed E-state index contributed by atoms with van der Waals surface area (Å²) in [7, 11) is 0. The van der Waals surface area contributed by atoms with Crippen LogP contribution in [0.15, 0.2) is 109 Å². The molecule has 1 nitrogen and oxygen atoms in total. The van der Waals surface area contributed by atoms with E-state index in [0.29, 0.717) is 6.54 Å². The molecule has 1 aliphatic carbocycles. The van der Waals surface area contributed by atoms with Gasteiger partial charge >= 0.3 is 0 Å². The van der Waals surface area contributed by atoms with Gasteiger partial charge in [-0.2, -0.15) is 0 Å². The molecule has 1 aliphatic rings. The Hall–Kier alpha value is -3.42. The molecule has 0 spiro atoms. The largest absolute Gasteiger partial charge is 0.327 e. The van der Waals surface area contributed by atoms with Gasteiger partial charge in [0.25, 0.3) is 0 Å². The van der Waals surface area contributed by atoms with Crippen LogP contribution in [0.25, 0.3) is 33.4 Å². The van der Waals surface area contributed by atoms with Gasteiger partial charge in [0, 0.05) is 6.54 Å². The van der Waals surface area contributed by atoms with E-state index in [1.165, 1.54) is 57.4 Å². The van der Waals surface area contributed by atoms with Gasteiger partial charge in [0.1, 0.15) is 0 Å². The monoisotopic (exact) mass is 445 g/mol. The Labute approximate surface area is 205 Å². The lowest BCUT2D eigenvalue weighted by Gasteiger charge is -2.21. The molecular weight excluding hydrogens is 410 g/mol. The summed E-state index contributed by atoms with van der Waals surface area (Å²) < 4.78 is 0. The molecule has 0 saturated carbocycles. The van der Waals surface area contributed by atoms with E-state index in [9.17, 15) is 0 Å². The van der Waals surface area contributed by atoms with E-state index in [2.05, 4.69) is 111 Å². The molecule has 1 heteroatoms. The average Bonchev–Trinajstić information content (AvgIpc) is 2.88. The van der Waals surface area contributed by atoms with Gasteiger partial charge in [0.15, 0.2) is 0 Å². The lowest BCUT2D eigenvalue weighted by Crippen LogP contribution is -2.03. The van der Waals surface area contributed by atoms with Crippen molar-refractivity contribution in [3.05, 3.63) is 120 Å². The van der Waals surface area contributed by atoms with E-state index in [1.807, 2.05) is 0 Å². The van der Waals surface area contributed by atoms with Crippen LogP contribution in [0.2, 0.25) is 0 Å². The first kappa shape index (κ1) is 23.7. The highest BCUT2D eigenvalue weighted by Gasteiger charge is 2.17. The number of allylic oxidation sites excluding steroid dienone is 6. The quantitative estimate of drug-likeness (QED) is 0.368. The van der Waals surface area contributed by atoms with Gasteiger partial charge in [0.05, 0.1) is 0 Å². The Kier molecular flexibility index (Phi) is 7.77. The third kappa shape index (κ3) is 5.38. The zero-order valence-electron chi connectivity index (χ0n) is 20.5. The van der Waals surface area contributed by atoms with Crippen molar-refractivity contribution in [2.45, 2.75) is 39.5 Å². The predicted octanol–water partition coefficient (Wildman–Crippen LogP) is 8.84. The number of hydrogen-bond donors (Lipinski definition) is 1. The van der Waals surface area contributed by atoms with Crippen molar-refractivity contribution in [1.82, 2.24) is 0 Å². The summed E-state index contributed by atoms with van der Waals surface area (Å²) in [4.78, 5) is 0. The van der Waals surface area contributed by atoms with E-state index >= 15 is 0 Å². The van der Waals surface area contributed by atoms with Gasteiger partial charge in [-0.15, -0.1) is 0 Å². The van der Waals surface area contributed by atoms with Crippen molar-refractivity contribution in [2.75, 3.05) is 6.54 Å². The Morgan fingerprint density at radius 2 is 1.59 bits per heavy atom. The molecule has 0 saturated heterocycles. The molecule has 0 amide bonds. The highest BCUT2D eigenvalue weighted by molar-refractivity contribution is 5.90. The Balaban J connectivity index is 1.79. The van der Waals surface area contributed by atoms with Crippen molar-refractivity contribution in [3.63, 3.8) is 0 Å². The molecule has 2 N–H and O–H groups in total. The first-order chi connectivity index (χ1) is 16.6. The molecule has 34 heavy (non-hydrogen) atoms. The van der Waals surface area contributed by atoms with Crippen LogP contribution < -0.4 is 5.73 Å². The van der Waals surface area contributed by atoms with Crippen molar-refractivity contribution in [1.29, 1.82) is 0 Å². The minimum atomic E-state index is 0.516. The zero-order chi connectivity index (χ0) is 23.9. The van der Waals surface area contributed by atoms with Crippen LogP contribution in [0.5, 0.6) is 0 Å². The molecule has 172 valence electrons. The SMILES string of the molecule is C=C(C)c1ccc(-c2ccc(-c3ccccc3)cc2)c(/C(=C\CN)C2=CC=C(CCC)CC2)c1. The fraction of sp³-hybridized carbons (Fsp3) is 0.212. The Morgan fingerprint density at radius 3 is 2.21 bits per heavy atom. The molecular formula is C33H35N. The fourth-order valence-electron chi connectivity index (χ4n) is 4.72. The maximum absolute atomic E-state index is 6.08. The summed E-state index contributed by atoms with van der Waals surface area (Å²) in [5.41, 5.74) is 18.6. The number of rotatable bonds is 8. The van der Waals surface area contributed by atoms with Crippen molar-refractivity contribution in [3.8, 4) is 22.3 Å². The minimum absolute atomic E-state index is 0.516. The summed E-state index contributed by atoms with van der Waals surface area (Å²) in [5, 5.41) is 0. The number of nitrogens with two attached hydrogens (primary N) is 1. The van der Waals surface area contributed by atoms with E-state index in [0.717, 1.165) is 18.4 Å². The molecule has 0 fully saturated rings. The van der Waals surface area contributed by atoms with E-state index < -0.39 is 0 Å². The molecule has 0 aromatic heterocycles. The van der Waals surface area contributed by atoms with Crippen molar-refractivity contribution in [2.24, 2.45) is 5.73 Å². The second kappa shape index (κ2) is 11.1. The van der Waals surface area contributed by atoms with Crippen LogP contribution in [0.3, 0.4) is 0 Å². The second-order valence-corrected chi connectivity index (χ2v) is 9.10. The molecule has 3 aromatic rings. The smallest absolute Gasteiger partial charge is 0.0116 e. The topological polar surface area (TPSA) is 26.0 Å². The van der Waals surface area contributed by atoms with Crippen LogP contribution in [-0.2, 0) is 0 Å². The average molecular weight is 446 g/mol.